The van der Waals surface area contributed by atoms with Crippen molar-refractivity contribution in [2.24, 2.45) is 0 Å². The Bertz CT molecular complexity index is 416. The molecule has 0 saturated carbocycles. The minimum atomic E-state index is 0.676. The fraction of sp³-hybridized carbons (Fsp3) is 0.167. The van der Waals surface area contributed by atoms with Crippen LogP contribution in [0.1, 0.15) is 5.56 Å². The molecule has 0 aliphatic rings. The molecule has 1 aromatic carbocycles. The van der Waals surface area contributed by atoms with E-state index in [0.29, 0.717) is 5.95 Å². The molecule has 0 bridgehead atoms. The Morgan fingerprint density at radius 3 is 2.19 bits per heavy atom. The molecule has 0 unspecified atom stereocenters. The van der Waals surface area contributed by atoms with E-state index in [1.165, 1.54) is 0 Å². The molecular formula is C12H14N4. The van der Waals surface area contributed by atoms with Crippen LogP contribution in [0.3, 0.4) is 0 Å². The molecule has 2 aromatic rings. The van der Waals surface area contributed by atoms with E-state index in [2.05, 4.69) is 9.97 Å². The van der Waals surface area contributed by atoms with Crippen molar-refractivity contribution in [2.75, 3.05) is 17.7 Å². The van der Waals surface area contributed by atoms with Gasteiger partial charge in [-0.3, -0.25) is 0 Å². The van der Waals surface area contributed by atoms with Gasteiger partial charge < -0.3 is 10.6 Å². The summed E-state index contributed by atoms with van der Waals surface area (Å²) >= 11 is 0. The van der Waals surface area contributed by atoms with Crippen LogP contribution >= 0.6 is 0 Å². The fourth-order valence-corrected chi connectivity index (χ4v) is 1.37. The molecule has 1 heterocycles. The average Bonchev–Trinajstić information content (AvgIpc) is 2.30. The van der Waals surface area contributed by atoms with Crippen molar-refractivity contribution in [3.05, 3.63) is 42.2 Å². The standard InChI is InChI=1S/C12H14N4/c1-9-7-14-12(15-8-9)16(2)11-5-3-10(13)4-6-11/h3-8H,13H2,1-2H3. The maximum Gasteiger partial charge on any atom is 0.229 e. The summed E-state index contributed by atoms with van der Waals surface area (Å²) in [5, 5.41) is 0. The second kappa shape index (κ2) is 4.18. The van der Waals surface area contributed by atoms with Crippen LogP contribution in [0, 0.1) is 6.92 Å². The molecule has 0 radical (unpaired) electrons. The van der Waals surface area contributed by atoms with Gasteiger partial charge in [-0.05, 0) is 36.8 Å². The van der Waals surface area contributed by atoms with Crippen LogP contribution in [0.4, 0.5) is 17.3 Å². The van der Waals surface area contributed by atoms with Crippen molar-refractivity contribution in [1.82, 2.24) is 9.97 Å². The van der Waals surface area contributed by atoms with Crippen LogP contribution in [0.25, 0.3) is 0 Å². The number of anilines is 3. The first-order chi connectivity index (χ1) is 7.66. The van der Waals surface area contributed by atoms with E-state index in [1.54, 1.807) is 12.4 Å². The first-order valence-corrected chi connectivity index (χ1v) is 5.05. The maximum atomic E-state index is 5.64. The highest BCUT2D eigenvalue weighted by Gasteiger charge is 2.05. The van der Waals surface area contributed by atoms with Crippen LogP contribution in [0.15, 0.2) is 36.7 Å². The van der Waals surface area contributed by atoms with Gasteiger partial charge in [-0.15, -0.1) is 0 Å². The van der Waals surface area contributed by atoms with Crippen molar-refractivity contribution < 1.29 is 0 Å². The highest BCUT2D eigenvalue weighted by atomic mass is 15.2. The third-order valence-electron chi connectivity index (χ3n) is 2.35. The Balaban J connectivity index is 2.28. The molecule has 0 aliphatic heterocycles. The van der Waals surface area contributed by atoms with Gasteiger partial charge in [0.15, 0.2) is 0 Å². The fourth-order valence-electron chi connectivity index (χ4n) is 1.37. The molecule has 0 saturated heterocycles. The molecule has 0 amide bonds. The number of nitrogens with two attached hydrogens (primary N) is 1. The van der Waals surface area contributed by atoms with E-state index < -0.39 is 0 Å². The molecule has 0 spiro atoms. The average molecular weight is 214 g/mol. The molecule has 0 fully saturated rings. The van der Waals surface area contributed by atoms with Gasteiger partial charge in [0.2, 0.25) is 5.95 Å². The molecule has 2 rings (SSSR count). The Morgan fingerprint density at radius 1 is 1.06 bits per heavy atom. The minimum Gasteiger partial charge on any atom is -0.399 e. The largest absolute Gasteiger partial charge is 0.399 e. The number of hydrogen-bond donors (Lipinski definition) is 1. The highest BCUT2D eigenvalue weighted by molar-refractivity contribution is 5.59. The van der Waals surface area contributed by atoms with Gasteiger partial charge in [-0.1, -0.05) is 0 Å². The third kappa shape index (κ3) is 2.11. The van der Waals surface area contributed by atoms with E-state index in [4.69, 9.17) is 5.73 Å². The maximum absolute atomic E-state index is 5.64. The van der Waals surface area contributed by atoms with E-state index in [-0.39, 0.29) is 0 Å². The van der Waals surface area contributed by atoms with Crippen LogP contribution in [0.2, 0.25) is 0 Å². The third-order valence-corrected chi connectivity index (χ3v) is 2.35. The Labute approximate surface area is 94.8 Å². The van der Waals surface area contributed by atoms with Gasteiger partial charge in [-0.2, -0.15) is 0 Å². The van der Waals surface area contributed by atoms with Crippen molar-refractivity contribution in [3.63, 3.8) is 0 Å². The van der Waals surface area contributed by atoms with E-state index in [9.17, 15) is 0 Å². The lowest BCUT2D eigenvalue weighted by Crippen LogP contribution is -2.12. The molecule has 0 aliphatic carbocycles. The summed E-state index contributed by atoms with van der Waals surface area (Å²) in [5.41, 5.74) is 8.45. The smallest absolute Gasteiger partial charge is 0.229 e. The first-order valence-electron chi connectivity index (χ1n) is 5.05. The SMILES string of the molecule is Cc1cnc(N(C)c2ccc(N)cc2)nc1. The lowest BCUT2D eigenvalue weighted by molar-refractivity contribution is 1.03. The summed E-state index contributed by atoms with van der Waals surface area (Å²) in [5.74, 6) is 0.676. The number of nitrogen functional groups attached to an aromatic ring is 1. The van der Waals surface area contributed by atoms with Crippen LogP contribution < -0.4 is 10.6 Å². The molecule has 82 valence electrons. The van der Waals surface area contributed by atoms with Gasteiger partial charge in [0.25, 0.3) is 0 Å². The van der Waals surface area contributed by atoms with Crippen LogP contribution in [-0.2, 0) is 0 Å². The van der Waals surface area contributed by atoms with Gasteiger partial charge >= 0.3 is 0 Å². The topological polar surface area (TPSA) is 55.0 Å². The number of rotatable bonds is 2. The van der Waals surface area contributed by atoms with E-state index >= 15 is 0 Å². The van der Waals surface area contributed by atoms with Gasteiger partial charge in [0.05, 0.1) is 0 Å². The Kier molecular flexibility index (Phi) is 2.72. The summed E-state index contributed by atoms with van der Waals surface area (Å²) < 4.78 is 0. The normalized spacial score (nSPS) is 10.1. The van der Waals surface area contributed by atoms with Crippen LogP contribution in [-0.4, -0.2) is 17.0 Å². The zero-order valence-electron chi connectivity index (χ0n) is 9.38. The number of aromatic nitrogens is 2. The Morgan fingerprint density at radius 2 is 1.62 bits per heavy atom. The first kappa shape index (κ1) is 10.4. The zero-order valence-corrected chi connectivity index (χ0v) is 9.38. The second-order valence-corrected chi connectivity index (χ2v) is 3.71. The number of nitrogens with zero attached hydrogens (tertiary/aromatic N) is 3. The summed E-state index contributed by atoms with van der Waals surface area (Å²) in [6.07, 6.45) is 3.60. The molecular weight excluding hydrogens is 200 g/mol. The number of hydrogen-bond acceptors (Lipinski definition) is 4. The zero-order chi connectivity index (χ0) is 11.5. The monoisotopic (exact) mass is 214 g/mol. The van der Waals surface area contributed by atoms with Gasteiger partial charge in [0, 0.05) is 30.8 Å². The van der Waals surface area contributed by atoms with Crippen molar-refractivity contribution in [1.29, 1.82) is 0 Å². The molecule has 16 heavy (non-hydrogen) atoms. The van der Waals surface area contributed by atoms with Crippen LogP contribution in [0.5, 0.6) is 0 Å². The highest BCUT2D eigenvalue weighted by Crippen LogP contribution is 2.20. The molecule has 2 N–H and O–H groups in total. The summed E-state index contributed by atoms with van der Waals surface area (Å²) in [7, 11) is 1.93. The molecule has 1 aromatic heterocycles. The lowest BCUT2D eigenvalue weighted by Gasteiger charge is -2.16. The number of benzene rings is 1. The number of aryl methyl sites for hydroxylation is 1. The summed E-state index contributed by atoms with van der Waals surface area (Å²) in [6, 6.07) is 7.61. The van der Waals surface area contributed by atoms with E-state index in [1.807, 2.05) is 43.1 Å². The molecule has 4 heteroatoms. The van der Waals surface area contributed by atoms with Gasteiger partial charge in [-0.25, -0.2) is 9.97 Å². The predicted octanol–water partition coefficient (Wildman–Crippen LogP) is 2.14. The lowest BCUT2D eigenvalue weighted by atomic mass is 10.3. The van der Waals surface area contributed by atoms with Crippen molar-refractivity contribution in [2.45, 2.75) is 6.92 Å². The predicted molar refractivity (Wildman–Crippen MR) is 65.7 cm³/mol. The Hall–Kier alpha value is -2.10. The minimum absolute atomic E-state index is 0.676. The van der Waals surface area contributed by atoms with E-state index in [0.717, 1.165) is 16.9 Å². The quantitative estimate of drug-likeness (QED) is 0.778. The van der Waals surface area contributed by atoms with Crippen molar-refractivity contribution in [3.8, 4) is 0 Å². The van der Waals surface area contributed by atoms with Gasteiger partial charge in [0.1, 0.15) is 0 Å². The summed E-state index contributed by atoms with van der Waals surface area (Å²) in [4.78, 5) is 10.4. The molecule has 4 nitrogen and oxygen atoms in total. The molecule has 0 atom stereocenters. The summed E-state index contributed by atoms with van der Waals surface area (Å²) in [6.45, 7) is 1.97. The van der Waals surface area contributed by atoms with Crippen molar-refractivity contribution >= 4 is 17.3 Å². The second-order valence-electron chi connectivity index (χ2n) is 3.71.